The summed E-state index contributed by atoms with van der Waals surface area (Å²) in [6.45, 7) is 4.53. The van der Waals surface area contributed by atoms with Crippen LogP contribution in [-0.2, 0) is 6.54 Å². The molecule has 1 saturated heterocycles. The van der Waals surface area contributed by atoms with Crippen LogP contribution in [0.25, 0.3) is 0 Å². The summed E-state index contributed by atoms with van der Waals surface area (Å²) in [5.41, 5.74) is 2.95. The maximum absolute atomic E-state index is 3.86. The van der Waals surface area contributed by atoms with E-state index in [1.807, 2.05) is 0 Å². The van der Waals surface area contributed by atoms with Crippen molar-refractivity contribution in [3.05, 3.63) is 35.4 Å². The highest BCUT2D eigenvalue weighted by Gasteiger charge is 2.24. The molecule has 3 rings (SSSR count). The zero-order chi connectivity index (χ0) is 12.4. The summed E-state index contributed by atoms with van der Waals surface area (Å²) in [7, 11) is 2.21. The second kappa shape index (κ2) is 5.39. The first-order valence-electron chi connectivity index (χ1n) is 7.06. The third-order valence-corrected chi connectivity index (χ3v) is 4.18. The van der Waals surface area contributed by atoms with E-state index in [0.29, 0.717) is 12.1 Å². The molecule has 0 saturated carbocycles. The Bertz CT molecular complexity index is 404. The molecule has 2 aliphatic heterocycles. The maximum Gasteiger partial charge on any atom is 0.0338 e. The van der Waals surface area contributed by atoms with Crippen molar-refractivity contribution < 1.29 is 0 Å². The van der Waals surface area contributed by atoms with Crippen LogP contribution < -0.4 is 10.6 Å². The van der Waals surface area contributed by atoms with E-state index >= 15 is 0 Å². The van der Waals surface area contributed by atoms with Gasteiger partial charge in [-0.25, -0.2) is 0 Å². The molecule has 1 aromatic rings. The maximum atomic E-state index is 3.86. The van der Waals surface area contributed by atoms with Crippen molar-refractivity contribution in [2.75, 3.05) is 26.7 Å². The lowest BCUT2D eigenvalue weighted by molar-refractivity contribution is 0.376. The first-order chi connectivity index (χ1) is 8.83. The molecule has 3 heteroatoms. The average molecular weight is 245 g/mol. The predicted octanol–water partition coefficient (Wildman–Crippen LogP) is 1.51. The third kappa shape index (κ3) is 2.58. The summed E-state index contributed by atoms with van der Waals surface area (Å²) in [6.07, 6.45) is 2.47. The Balaban J connectivity index is 1.75. The fourth-order valence-electron chi connectivity index (χ4n) is 3.19. The van der Waals surface area contributed by atoms with Crippen LogP contribution >= 0.6 is 0 Å². The molecule has 3 nitrogen and oxygen atoms in total. The standard InChI is InChI=1S/C15H23N3/c1-18-9-7-13(11-18)17-15-6-8-16-10-12-4-2-3-5-14(12)15/h2-5,13,15-17H,6-11H2,1H3. The highest BCUT2D eigenvalue weighted by Crippen LogP contribution is 2.25. The van der Waals surface area contributed by atoms with Gasteiger partial charge in [0.1, 0.15) is 0 Å². The smallest absolute Gasteiger partial charge is 0.0338 e. The number of nitrogens with zero attached hydrogens (tertiary/aromatic N) is 1. The monoisotopic (exact) mass is 245 g/mol. The van der Waals surface area contributed by atoms with E-state index < -0.39 is 0 Å². The lowest BCUT2D eigenvalue weighted by Crippen LogP contribution is -2.35. The molecule has 2 aliphatic rings. The lowest BCUT2D eigenvalue weighted by atomic mass is 9.98. The third-order valence-electron chi connectivity index (χ3n) is 4.18. The molecule has 0 radical (unpaired) electrons. The van der Waals surface area contributed by atoms with Crippen molar-refractivity contribution in [1.29, 1.82) is 0 Å². The van der Waals surface area contributed by atoms with Crippen LogP contribution in [-0.4, -0.2) is 37.6 Å². The van der Waals surface area contributed by atoms with E-state index in [1.165, 1.54) is 37.1 Å². The van der Waals surface area contributed by atoms with E-state index in [0.717, 1.165) is 13.1 Å². The van der Waals surface area contributed by atoms with Gasteiger partial charge in [-0.3, -0.25) is 0 Å². The van der Waals surface area contributed by atoms with Gasteiger partial charge < -0.3 is 15.5 Å². The van der Waals surface area contributed by atoms with Crippen LogP contribution in [0.4, 0.5) is 0 Å². The fraction of sp³-hybridized carbons (Fsp3) is 0.600. The van der Waals surface area contributed by atoms with E-state index in [1.54, 1.807) is 0 Å². The second-order valence-corrected chi connectivity index (χ2v) is 5.63. The molecular formula is C15H23N3. The number of fused-ring (bicyclic) bond motifs is 1. The average Bonchev–Trinajstić information content (AvgIpc) is 2.68. The van der Waals surface area contributed by atoms with Gasteiger partial charge in [0.15, 0.2) is 0 Å². The number of benzene rings is 1. The molecular weight excluding hydrogens is 222 g/mol. The van der Waals surface area contributed by atoms with Crippen LogP contribution in [0, 0.1) is 0 Å². The summed E-state index contributed by atoms with van der Waals surface area (Å²) in [4.78, 5) is 2.42. The molecule has 2 heterocycles. The Labute approximate surface area is 110 Å². The van der Waals surface area contributed by atoms with Crippen LogP contribution in [0.2, 0.25) is 0 Å². The highest BCUT2D eigenvalue weighted by atomic mass is 15.2. The number of nitrogens with one attached hydrogen (secondary N) is 2. The van der Waals surface area contributed by atoms with Crippen molar-refractivity contribution in [2.24, 2.45) is 0 Å². The predicted molar refractivity (Wildman–Crippen MR) is 74.5 cm³/mol. The van der Waals surface area contributed by atoms with Gasteiger partial charge in [0.2, 0.25) is 0 Å². The molecule has 0 bridgehead atoms. The molecule has 2 unspecified atom stereocenters. The summed E-state index contributed by atoms with van der Waals surface area (Å²) >= 11 is 0. The molecule has 1 aromatic carbocycles. The van der Waals surface area contributed by atoms with Crippen molar-refractivity contribution in [3.8, 4) is 0 Å². The first-order valence-corrected chi connectivity index (χ1v) is 7.06. The van der Waals surface area contributed by atoms with Gasteiger partial charge in [0.25, 0.3) is 0 Å². The molecule has 2 atom stereocenters. The fourth-order valence-corrected chi connectivity index (χ4v) is 3.19. The summed E-state index contributed by atoms with van der Waals surface area (Å²) in [6, 6.07) is 10.0. The highest BCUT2D eigenvalue weighted by molar-refractivity contribution is 5.31. The zero-order valence-corrected chi connectivity index (χ0v) is 11.2. The SMILES string of the molecule is CN1CCC(NC2CCNCc3ccccc32)C1. The van der Waals surface area contributed by atoms with Gasteiger partial charge in [-0.1, -0.05) is 24.3 Å². The molecule has 0 aromatic heterocycles. The summed E-state index contributed by atoms with van der Waals surface area (Å²) in [5.74, 6) is 0. The van der Waals surface area contributed by atoms with E-state index in [2.05, 4.69) is 46.8 Å². The Morgan fingerprint density at radius 1 is 1.28 bits per heavy atom. The Morgan fingerprint density at radius 3 is 3.00 bits per heavy atom. The normalized spacial score (nSPS) is 28.9. The number of likely N-dealkylation sites (N-methyl/N-ethyl adjacent to an activating group) is 1. The number of hydrogen-bond donors (Lipinski definition) is 2. The molecule has 0 amide bonds. The van der Waals surface area contributed by atoms with Gasteiger partial charge in [-0.15, -0.1) is 0 Å². The summed E-state index contributed by atoms with van der Waals surface area (Å²) < 4.78 is 0. The Hall–Kier alpha value is -0.900. The number of rotatable bonds is 2. The second-order valence-electron chi connectivity index (χ2n) is 5.63. The van der Waals surface area contributed by atoms with Gasteiger partial charge in [-0.05, 0) is 44.1 Å². The summed E-state index contributed by atoms with van der Waals surface area (Å²) in [5, 5.41) is 7.38. The quantitative estimate of drug-likeness (QED) is 0.827. The minimum Gasteiger partial charge on any atom is -0.313 e. The van der Waals surface area contributed by atoms with Crippen LogP contribution in [0.1, 0.15) is 30.0 Å². The number of hydrogen-bond acceptors (Lipinski definition) is 3. The van der Waals surface area contributed by atoms with E-state index in [-0.39, 0.29) is 0 Å². The van der Waals surface area contributed by atoms with E-state index in [4.69, 9.17) is 0 Å². The molecule has 1 fully saturated rings. The molecule has 98 valence electrons. The van der Waals surface area contributed by atoms with E-state index in [9.17, 15) is 0 Å². The molecule has 0 spiro atoms. The van der Waals surface area contributed by atoms with Crippen molar-refractivity contribution >= 4 is 0 Å². The lowest BCUT2D eigenvalue weighted by Gasteiger charge is -2.23. The van der Waals surface area contributed by atoms with Gasteiger partial charge in [-0.2, -0.15) is 0 Å². The topological polar surface area (TPSA) is 27.3 Å². The Kier molecular flexibility index (Phi) is 3.64. The van der Waals surface area contributed by atoms with Gasteiger partial charge in [0.05, 0.1) is 0 Å². The molecule has 18 heavy (non-hydrogen) atoms. The van der Waals surface area contributed by atoms with Crippen LogP contribution in [0.15, 0.2) is 24.3 Å². The minimum absolute atomic E-state index is 0.521. The van der Waals surface area contributed by atoms with Crippen LogP contribution in [0.3, 0.4) is 0 Å². The van der Waals surface area contributed by atoms with Crippen molar-refractivity contribution in [2.45, 2.75) is 31.5 Å². The van der Waals surface area contributed by atoms with Gasteiger partial charge in [0, 0.05) is 25.2 Å². The van der Waals surface area contributed by atoms with Crippen molar-refractivity contribution in [1.82, 2.24) is 15.5 Å². The zero-order valence-electron chi connectivity index (χ0n) is 11.2. The number of likely N-dealkylation sites (tertiary alicyclic amines) is 1. The van der Waals surface area contributed by atoms with Crippen molar-refractivity contribution in [3.63, 3.8) is 0 Å². The van der Waals surface area contributed by atoms with Crippen LogP contribution in [0.5, 0.6) is 0 Å². The molecule has 0 aliphatic carbocycles. The minimum atomic E-state index is 0.521. The molecule has 2 N–H and O–H groups in total. The van der Waals surface area contributed by atoms with Gasteiger partial charge >= 0.3 is 0 Å². The Morgan fingerprint density at radius 2 is 2.17 bits per heavy atom. The first kappa shape index (κ1) is 12.2. The largest absolute Gasteiger partial charge is 0.313 e.